The van der Waals surface area contributed by atoms with E-state index in [0.717, 1.165) is 7.98 Å². The number of rotatable bonds is 12. The molecule has 0 bridgehead atoms. The van der Waals surface area contributed by atoms with E-state index in [4.69, 9.17) is 4.74 Å². The molecule has 0 aromatic carbocycles. The monoisotopic (exact) mass is 508 g/mol. The van der Waals surface area contributed by atoms with Crippen LogP contribution in [0.3, 0.4) is 0 Å². The van der Waals surface area contributed by atoms with Gasteiger partial charge in [-0.25, -0.2) is 4.79 Å². The summed E-state index contributed by atoms with van der Waals surface area (Å²) in [6.07, 6.45) is 8.95. The number of halogens is 2. The van der Waals surface area contributed by atoms with E-state index < -0.39 is 0 Å². The molecule has 0 aromatic heterocycles. The van der Waals surface area contributed by atoms with Crippen LogP contribution in [0, 0.1) is 0 Å². The number of hydrogen-bond donors (Lipinski definition) is 0. The summed E-state index contributed by atoms with van der Waals surface area (Å²) in [5.74, 6) is -0.256. The minimum Gasteiger partial charge on any atom is -0.462 e. The maximum atomic E-state index is 11.1. The second kappa shape index (κ2) is 13.9. The molecule has 0 aromatic rings. The van der Waals surface area contributed by atoms with Crippen LogP contribution in [0.25, 0.3) is 0 Å². The predicted molar refractivity (Wildman–Crippen MR) is 103 cm³/mol. The van der Waals surface area contributed by atoms with Gasteiger partial charge in [-0.3, -0.25) is 0 Å². The summed E-state index contributed by atoms with van der Waals surface area (Å²) < 4.78 is 5.98. The number of carbonyl (C=O) groups is 1. The lowest BCUT2D eigenvalue weighted by molar-refractivity contribution is -0.139. The van der Waals surface area contributed by atoms with E-state index in [1.54, 1.807) is 6.92 Å². The van der Waals surface area contributed by atoms with Gasteiger partial charge in [-0.05, 0) is 13.3 Å². The standard InChI is InChI=1S/C14H26I2O2Si/c1-12(2)13(17)18-10-8-6-4-3-5-7-9-11-19-14(15)16/h14H,1,3-11,19H2,2H3. The Labute approximate surface area is 147 Å². The summed E-state index contributed by atoms with van der Waals surface area (Å²) in [6, 6.07) is 1.51. The van der Waals surface area contributed by atoms with Crippen LogP contribution in [0.2, 0.25) is 6.04 Å². The maximum absolute atomic E-state index is 11.1. The molecule has 0 N–H and O–H groups in total. The molecule has 0 aliphatic heterocycles. The van der Waals surface area contributed by atoms with Gasteiger partial charge in [0.25, 0.3) is 0 Å². The van der Waals surface area contributed by atoms with Crippen molar-refractivity contribution in [3.63, 3.8) is 0 Å². The molecular formula is C14H26I2O2Si. The van der Waals surface area contributed by atoms with Gasteiger partial charge in [-0.2, -0.15) is 0 Å². The van der Waals surface area contributed by atoms with Crippen LogP contribution < -0.4 is 0 Å². The number of hydrogen-bond acceptors (Lipinski definition) is 2. The van der Waals surface area contributed by atoms with Gasteiger partial charge in [-0.15, -0.1) is 0 Å². The first kappa shape index (κ1) is 19.9. The average molecular weight is 508 g/mol. The van der Waals surface area contributed by atoms with Crippen molar-refractivity contribution in [3.05, 3.63) is 12.2 Å². The van der Waals surface area contributed by atoms with Crippen LogP contribution in [0.1, 0.15) is 51.9 Å². The summed E-state index contributed by atoms with van der Waals surface area (Å²) in [5.41, 5.74) is 0.490. The third kappa shape index (κ3) is 15.1. The first-order chi connectivity index (χ1) is 9.04. The Balaban J connectivity index is 3.11. The van der Waals surface area contributed by atoms with E-state index in [1.165, 1.54) is 44.6 Å². The molecule has 0 atom stereocenters. The van der Waals surface area contributed by atoms with E-state index in [1.807, 2.05) is 0 Å². The summed E-state index contributed by atoms with van der Waals surface area (Å²) in [5, 5.41) is 0. The Bertz CT molecular complexity index is 258. The van der Waals surface area contributed by atoms with Gasteiger partial charge in [0.1, 0.15) is 0 Å². The minimum atomic E-state index is -0.256. The van der Waals surface area contributed by atoms with E-state index in [-0.39, 0.29) is 15.5 Å². The number of carbonyl (C=O) groups excluding carboxylic acids is 1. The highest BCUT2D eigenvalue weighted by Crippen LogP contribution is 2.13. The van der Waals surface area contributed by atoms with Crippen molar-refractivity contribution in [1.29, 1.82) is 0 Å². The zero-order valence-electron chi connectivity index (χ0n) is 11.9. The van der Waals surface area contributed by atoms with Gasteiger partial charge in [0.15, 0.2) is 0 Å². The SMILES string of the molecule is C=C(C)C(=O)OCCCCCCCCC[SiH2]C(I)I. The Morgan fingerprint density at radius 1 is 1.11 bits per heavy atom. The number of alkyl halides is 2. The first-order valence-electron chi connectivity index (χ1n) is 7.15. The molecule has 112 valence electrons. The molecule has 0 unspecified atom stereocenters. The highest BCUT2D eigenvalue weighted by atomic mass is 127. The van der Waals surface area contributed by atoms with Crippen molar-refractivity contribution in [2.75, 3.05) is 6.61 Å². The van der Waals surface area contributed by atoms with Gasteiger partial charge in [0.2, 0.25) is 0 Å². The zero-order chi connectivity index (χ0) is 14.5. The lowest BCUT2D eigenvalue weighted by atomic mass is 10.1. The molecular weight excluding hydrogens is 482 g/mol. The van der Waals surface area contributed by atoms with E-state index >= 15 is 0 Å². The molecule has 2 nitrogen and oxygen atoms in total. The van der Waals surface area contributed by atoms with Crippen molar-refractivity contribution in [2.45, 2.75) is 59.5 Å². The Kier molecular flexibility index (Phi) is 14.5. The van der Waals surface area contributed by atoms with Crippen molar-refractivity contribution < 1.29 is 9.53 Å². The van der Waals surface area contributed by atoms with Crippen molar-refractivity contribution in [2.24, 2.45) is 0 Å². The van der Waals surface area contributed by atoms with Crippen LogP contribution in [-0.2, 0) is 9.53 Å². The Morgan fingerprint density at radius 2 is 1.63 bits per heavy atom. The highest BCUT2D eigenvalue weighted by Gasteiger charge is 2.01. The smallest absolute Gasteiger partial charge is 0.333 e. The summed E-state index contributed by atoms with van der Waals surface area (Å²) in [6.45, 7) is 5.79. The summed E-state index contributed by atoms with van der Waals surface area (Å²) >= 11 is 5.09. The molecule has 0 saturated carbocycles. The molecule has 0 amide bonds. The van der Waals surface area contributed by atoms with Crippen LogP contribution in [0.4, 0.5) is 0 Å². The molecule has 0 fully saturated rings. The topological polar surface area (TPSA) is 26.3 Å². The maximum Gasteiger partial charge on any atom is 0.333 e. The molecule has 0 rings (SSSR count). The summed E-state index contributed by atoms with van der Waals surface area (Å²) in [4.78, 5) is 11.1. The number of unbranched alkanes of at least 4 members (excludes halogenated alkanes) is 6. The average Bonchev–Trinajstić information content (AvgIpc) is 2.35. The molecule has 0 aliphatic rings. The van der Waals surface area contributed by atoms with Crippen LogP contribution in [0.5, 0.6) is 0 Å². The Hall–Kier alpha value is 0.887. The van der Waals surface area contributed by atoms with E-state index in [0.29, 0.717) is 12.2 Å². The quantitative estimate of drug-likeness (QED) is 0.0965. The fourth-order valence-corrected chi connectivity index (χ4v) is 5.34. The predicted octanol–water partition coefficient (Wildman–Crippen LogP) is 4.58. The fourth-order valence-electron chi connectivity index (χ4n) is 1.75. The molecule has 19 heavy (non-hydrogen) atoms. The third-order valence-corrected chi connectivity index (χ3v) is 7.98. The number of esters is 1. The summed E-state index contributed by atoms with van der Waals surface area (Å²) in [7, 11) is 0.198. The van der Waals surface area contributed by atoms with Gasteiger partial charge < -0.3 is 4.74 Å². The molecule has 0 radical (unpaired) electrons. The van der Waals surface area contributed by atoms with Crippen molar-refractivity contribution in [3.8, 4) is 0 Å². The van der Waals surface area contributed by atoms with Gasteiger partial charge in [0.05, 0.1) is 6.61 Å². The lowest BCUT2D eigenvalue weighted by Crippen LogP contribution is -2.05. The lowest BCUT2D eigenvalue weighted by Gasteiger charge is -2.04. The van der Waals surface area contributed by atoms with Gasteiger partial charge in [0, 0.05) is 16.6 Å². The molecule has 0 aliphatic carbocycles. The third-order valence-electron chi connectivity index (χ3n) is 2.90. The normalized spacial score (nSPS) is 11.4. The van der Waals surface area contributed by atoms with Crippen LogP contribution in [-0.4, -0.2) is 23.7 Å². The molecule has 5 heteroatoms. The Morgan fingerprint density at radius 3 is 2.16 bits per heavy atom. The van der Waals surface area contributed by atoms with Crippen molar-refractivity contribution in [1.82, 2.24) is 0 Å². The van der Waals surface area contributed by atoms with E-state index in [9.17, 15) is 4.79 Å². The minimum absolute atomic E-state index is 0.198. The van der Waals surface area contributed by atoms with Gasteiger partial charge in [-0.1, -0.05) is 96.3 Å². The second-order valence-corrected chi connectivity index (χ2v) is 15.7. The molecule has 0 spiro atoms. The van der Waals surface area contributed by atoms with Crippen LogP contribution in [0.15, 0.2) is 12.2 Å². The molecule has 0 saturated heterocycles. The molecule has 0 heterocycles. The van der Waals surface area contributed by atoms with Crippen LogP contribution >= 0.6 is 45.2 Å². The van der Waals surface area contributed by atoms with E-state index in [2.05, 4.69) is 51.8 Å². The second-order valence-electron chi connectivity index (χ2n) is 4.92. The zero-order valence-corrected chi connectivity index (χ0v) is 17.7. The van der Waals surface area contributed by atoms with Gasteiger partial charge >= 0.3 is 5.97 Å². The highest BCUT2D eigenvalue weighted by molar-refractivity contribution is 14.2. The fraction of sp³-hybridized carbons (Fsp3) is 0.786. The number of ether oxygens (including phenoxy) is 1. The first-order valence-corrected chi connectivity index (χ1v) is 11.5. The van der Waals surface area contributed by atoms with Crippen molar-refractivity contribution >= 4 is 60.7 Å². The largest absolute Gasteiger partial charge is 0.462 e.